The highest BCUT2D eigenvalue weighted by Gasteiger charge is 2.31. The lowest BCUT2D eigenvalue weighted by Gasteiger charge is -2.35. The van der Waals surface area contributed by atoms with E-state index >= 15 is 0 Å². The van der Waals surface area contributed by atoms with Crippen molar-refractivity contribution in [3.8, 4) is 11.4 Å². The average Bonchev–Trinajstić information content (AvgIpc) is 3.34. The van der Waals surface area contributed by atoms with Crippen LogP contribution in [0.15, 0.2) is 82.4 Å². The number of carbonyl (C=O) groups is 4. The Morgan fingerprint density at radius 3 is 1.55 bits per heavy atom. The molecule has 2 saturated heterocycles. The lowest BCUT2D eigenvalue weighted by molar-refractivity contribution is -0.130. The van der Waals surface area contributed by atoms with Crippen molar-refractivity contribution in [1.29, 1.82) is 0 Å². The Labute approximate surface area is 390 Å². The van der Waals surface area contributed by atoms with Crippen LogP contribution < -0.4 is 31.7 Å². The molecule has 2 fully saturated rings. The molecule has 348 valence electrons. The lowest BCUT2D eigenvalue weighted by Crippen LogP contribution is -2.48. The van der Waals surface area contributed by atoms with Gasteiger partial charge in [-0.3, -0.25) is 28.3 Å². The second-order valence-electron chi connectivity index (χ2n) is 16.0. The quantitative estimate of drug-likeness (QED) is 0.158. The molecule has 4 aliphatic heterocycles. The van der Waals surface area contributed by atoms with Crippen molar-refractivity contribution in [2.24, 2.45) is 0 Å². The first-order chi connectivity index (χ1) is 32.4. The van der Waals surface area contributed by atoms with E-state index < -0.39 is 22.8 Å². The summed E-state index contributed by atoms with van der Waals surface area (Å²) in [5, 5.41) is 10.5. The fourth-order valence-corrected chi connectivity index (χ4v) is 8.73. The summed E-state index contributed by atoms with van der Waals surface area (Å²) in [6, 6.07) is 22.2. The Hall–Kier alpha value is -7.31. The monoisotopic (exact) mass is 930 g/mol. The number of anilines is 3. The standard InChI is InChI=1S/C24H25N5O4.C18H14ClN3O3.C6H12N2O/c1-3-33-24(32)20-21(31)17-8-9-19(28-12-10-27(11-13-28)15(2)30)26-22(17)29-18-7-5-4-6-16(18)14-25-23(20)29;1-2-25-18(24)14-15(23)11-7-8-13(19)21-16(11)22-12-6-4-3-5-10(12)9-20-17(14)22;1-6(9)8-4-2-7-3-5-8/h4-9,25H,3,10-14H2,1-2H3;3-8,20H,2,9H2,1H3;7H,2-5H2,1H3. The number of fused-ring (bicyclic) bond motifs is 10. The molecular weight excluding hydrogens is 880 g/mol. The van der Waals surface area contributed by atoms with E-state index in [0.29, 0.717) is 73.0 Å². The van der Waals surface area contributed by atoms with Gasteiger partial charge in [-0.25, -0.2) is 19.6 Å². The molecule has 0 bridgehead atoms. The second kappa shape index (κ2) is 20.1. The summed E-state index contributed by atoms with van der Waals surface area (Å²) in [6.45, 7) is 14.1. The maximum atomic E-state index is 13.4. The third-order valence-corrected chi connectivity index (χ3v) is 12.1. The van der Waals surface area contributed by atoms with Crippen LogP contribution in [-0.4, -0.2) is 118 Å². The van der Waals surface area contributed by atoms with Gasteiger partial charge in [-0.05, 0) is 61.4 Å². The normalized spacial score (nSPS) is 14.6. The largest absolute Gasteiger partial charge is 0.462 e. The minimum absolute atomic E-state index is 0.0107. The van der Waals surface area contributed by atoms with Crippen molar-refractivity contribution >= 4 is 74.9 Å². The van der Waals surface area contributed by atoms with Crippen LogP contribution in [0, 0.1) is 0 Å². The van der Waals surface area contributed by atoms with Crippen LogP contribution >= 0.6 is 11.6 Å². The van der Waals surface area contributed by atoms with Crippen LogP contribution in [0.5, 0.6) is 0 Å². The second-order valence-corrected chi connectivity index (χ2v) is 16.4. The molecule has 4 aromatic heterocycles. The summed E-state index contributed by atoms with van der Waals surface area (Å²) in [5.74, 6) is 0.462. The first-order valence-electron chi connectivity index (χ1n) is 22.2. The van der Waals surface area contributed by atoms with E-state index in [9.17, 15) is 28.8 Å². The molecule has 4 aliphatic rings. The average molecular weight is 931 g/mol. The molecule has 6 aromatic rings. The molecule has 0 radical (unpaired) electrons. The van der Waals surface area contributed by atoms with Gasteiger partial charge in [-0.1, -0.05) is 48.0 Å². The Bertz CT molecular complexity index is 3030. The highest BCUT2D eigenvalue weighted by atomic mass is 35.5. The molecule has 0 saturated carbocycles. The van der Waals surface area contributed by atoms with Crippen molar-refractivity contribution in [3.05, 3.63) is 121 Å². The zero-order valence-electron chi connectivity index (χ0n) is 37.7. The molecule has 10 rings (SSSR count). The molecule has 67 heavy (non-hydrogen) atoms. The van der Waals surface area contributed by atoms with Gasteiger partial charge in [0.05, 0.1) is 35.4 Å². The molecule has 0 spiro atoms. The maximum absolute atomic E-state index is 13.4. The number of benzene rings is 2. The van der Waals surface area contributed by atoms with Crippen LogP contribution in [0.2, 0.25) is 5.15 Å². The number of amides is 2. The minimum atomic E-state index is -0.653. The topological polar surface area (TPSA) is 202 Å². The molecule has 8 heterocycles. The van der Waals surface area contributed by atoms with Crippen molar-refractivity contribution in [2.45, 2.75) is 40.8 Å². The minimum Gasteiger partial charge on any atom is -0.462 e. The molecular formula is C48H51ClN10O8. The summed E-state index contributed by atoms with van der Waals surface area (Å²) in [5.41, 5.74) is 3.81. The number of ether oxygens (including phenoxy) is 2. The number of pyridine rings is 4. The fraction of sp³-hybridized carbons (Fsp3) is 0.333. The van der Waals surface area contributed by atoms with Crippen molar-refractivity contribution in [3.63, 3.8) is 0 Å². The Kier molecular flexibility index (Phi) is 13.8. The SMILES string of the molecule is CC(=O)N1CCNCC1.CCOC(=O)c1c2n(c3nc(Cl)ccc3c1=O)-c1ccccc1CN2.CCOC(=O)c1c2n(c3nc(N4CCN(C(C)=O)CC4)ccc3c1=O)-c1ccccc1CN2. The highest BCUT2D eigenvalue weighted by Crippen LogP contribution is 2.34. The molecule has 2 aromatic carbocycles. The summed E-state index contributed by atoms with van der Waals surface area (Å²) in [6.07, 6.45) is 0. The first-order valence-corrected chi connectivity index (χ1v) is 22.6. The van der Waals surface area contributed by atoms with Gasteiger partial charge in [0, 0.05) is 79.3 Å². The highest BCUT2D eigenvalue weighted by molar-refractivity contribution is 6.29. The molecule has 0 aliphatic carbocycles. The Balaban J connectivity index is 0.000000157. The number of nitrogens with zero attached hydrogens (tertiary/aromatic N) is 7. The van der Waals surface area contributed by atoms with E-state index in [-0.39, 0.29) is 41.3 Å². The van der Waals surface area contributed by atoms with Crippen molar-refractivity contribution in [2.75, 3.05) is 81.1 Å². The van der Waals surface area contributed by atoms with E-state index in [1.807, 2.05) is 62.9 Å². The number of carbonyl (C=O) groups excluding carboxylic acids is 4. The van der Waals surface area contributed by atoms with Gasteiger partial charge in [-0.15, -0.1) is 0 Å². The molecule has 3 N–H and O–H groups in total. The molecule has 18 nitrogen and oxygen atoms in total. The number of hydrogen-bond donors (Lipinski definition) is 3. The Morgan fingerprint density at radius 2 is 1.07 bits per heavy atom. The molecule has 19 heteroatoms. The van der Waals surface area contributed by atoms with Crippen molar-refractivity contribution < 1.29 is 28.7 Å². The number of hydrogen-bond acceptors (Lipinski definition) is 14. The third-order valence-electron chi connectivity index (χ3n) is 11.9. The summed E-state index contributed by atoms with van der Waals surface area (Å²) >= 11 is 6.05. The molecule has 0 unspecified atom stereocenters. The van der Waals surface area contributed by atoms with Crippen LogP contribution in [0.1, 0.15) is 59.5 Å². The van der Waals surface area contributed by atoms with Gasteiger partial charge in [-0.2, -0.15) is 0 Å². The van der Waals surface area contributed by atoms with Crippen molar-refractivity contribution in [1.82, 2.24) is 34.2 Å². The number of piperazine rings is 2. The van der Waals surface area contributed by atoms with E-state index in [4.69, 9.17) is 26.1 Å². The van der Waals surface area contributed by atoms with E-state index in [0.717, 1.165) is 54.5 Å². The lowest BCUT2D eigenvalue weighted by atomic mass is 10.1. The van der Waals surface area contributed by atoms with Crippen LogP contribution in [0.3, 0.4) is 0 Å². The first kappa shape index (κ1) is 46.2. The number of rotatable bonds is 5. The number of halogens is 1. The predicted molar refractivity (Wildman–Crippen MR) is 256 cm³/mol. The van der Waals surface area contributed by atoms with Crippen LogP contribution in [0.4, 0.5) is 17.5 Å². The number of para-hydroxylation sites is 2. The van der Waals surface area contributed by atoms with Gasteiger partial charge in [0.1, 0.15) is 33.7 Å². The van der Waals surface area contributed by atoms with Crippen LogP contribution in [0.25, 0.3) is 33.4 Å². The summed E-state index contributed by atoms with van der Waals surface area (Å²) in [7, 11) is 0. The molecule has 0 atom stereocenters. The Morgan fingerprint density at radius 1 is 0.612 bits per heavy atom. The van der Waals surface area contributed by atoms with Gasteiger partial charge < -0.3 is 40.1 Å². The van der Waals surface area contributed by atoms with E-state index in [2.05, 4.69) is 25.8 Å². The number of esters is 2. The maximum Gasteiger partial charge on any atom is 0.345 e. The van der Waals surface area contributed by atoms with Gasteiger partial charge >= 0.3 is 11.9 Å². The third kappa shape index (κ3) is 9.26. The zero-order valence-corrected chi connectivity index (χ0v) is 38.4. The van der Waals surface area contributed by atoms with E-state index in [1.54, 1.807) is 50.5 Å². The fourth-order valence-electron chi connectivity index (χ4n) is 8.59. The summed E-state index contributed by atoms with van der Waals surface area (Å²) in [4.78, 5) is 88.8. The van der Waals surface area contributed by atoms with Gasteiger partial charge in [0.15, 0.2) is 11.3 Å². The molecule has 2 amide bonds. The van der Waals surface area contributed by atoms with E-state index in [1.165, 1.54) is 6.07 Å². The zero-order chi connectivity index (χ0) is 47.4. The van der Waals surface area contributed by atoms with Gasteiger partial charge in [0.2, 0.25) is 22.7 Å². The smallest absolute Gasteiger partial charge is 0.345 e. The van der Waals surface area contributed by atoms with Gasteiger partial charge in [0.25, 0.3) is 0 Å². The summed E-state index contributed by atoms with van der Waals surface area (Å²) < 4.78 is 13.9. The predicted octanol–water partition coefficient (Wildman–Crippen LogP) is 4.74. The number of nitrogens with one attached hydrogen (secondary N) is 3. The van der Waals surface area contributed by atoms with Crippen LogP contribution in [-0.2, 0) is 32.2 Å². The number of aromatic nitrogens is 4.